The topological polar surface area (TPSA) is 125 Å². The van der Waals surface area contributed by atoms with Gasteiger partial charge in [0.2, 0.25) is 0 Å². The van der Waals surface area contributed by atoms with Crippen LogP contribution in [0.15, 0.2) is 48.8 Å². The van der Waals surface area contributed by atoms with Crippen molar-refractivity contribution in [2.75, 3.05) is 5.48 Å². The number of aromatic carboxylic acids is 1. The first-order valence-electron chi connectivity index (χ1n) is 9.66. The second-order valence-electron chi connectivity index (χ2n) is 7.03. The molecule has 0 fully saturated rings. The molecule has 0 bridgehead atoms. The number of benzene rings is 2. The number of carboxylic acid groups (broad SMARTS) is 1. The molecule has 0 unspecified atom stereocenters. The lowest BCUT2D eigenvalue weighted by Gasteiger charge is -2.10. The molecule has 0 aliphatic carbocycles. The number of hydroxylamine groups is 1. The highest BCUT2D eigenvalue weighted by atomic mass is 19.1. The van der Waals surface area contributed by atoms with Crippen LogP contribution in [0.2, 0.25) is 0 Å². The molecule has 4 N–H and O–H groups in total. The van der Waals surface area contributed by atoms with E-state index in [0.29, 0.717) is 17.7 Å². The number of amides is 1. The monoisotopic (exact) mass is 439 g/mol. The Hall–Kier alpha value is -3.89. The Balaban J connectivity index is 1.49. The van der Waals surface area contributed by atoms with Gasteiger partial charge in [0.15, 0.2) is 5.82 Å². The van der Waals surface area contributed by atoms with E-state index in [-0.39, 0.29) is 29.4 Å². The van der Waals surface area contributed by atoms with Crippen LogP contribution >= 0.6 is 0 Å². The van der Waals surface area contributed by atoms with E-state index in [1.807, 2.05) is 0 Å². The molecular weight excluding hydrogens is 417 g/mol. The number of hydrogen-bond acceptors (Lipinski definition) is 7. The minimum atomic E-state index is -0.976. The van der Waals surface area contributed by atoms with Crippen molar-refractivity contribution in [1.29, 1.82) is 0 Å². The second-order valence-corrected chi connectivity index (χ2v) is 7.03. The van der Waals surface area contributed by atoms with E-state index in [4.69, 9.17) is 10.0 Å². The lowest BCUT2D eigenvalue weighted by molar-refractivity contribution is 0.0695. The highest BCUT2D eigenvalue weighted by Crippen LogP contribution is 2.12. The number of nitrogens with one attached hydrogen (secondary N) is 3. The van der Waals surface area contributed by atoms with Crippen LogP contribution in [0, 0.1) is 19.7 Å². The van der Waals surface area contributed by atoms with E-state index in [1.165, 1.54) is 24.5 Å². The first-order chi connectivity index (χ1) is 15.3. The fourth-order valence-electron chi connectivity index (χ4n) is 2.91. The van der Waals surface area contributed by atoms with Gasteiger partial charge in [0, 0.05) is 19.2 Å². The molecular formula is C22H22FN5O4. The summed E-state index contributed by atoms with van der Waals surface area (Å²) in [6.45, 7) is 3.91. The summed E-state index contributed by atoms with van der Waals surface area (Å²) < 4.78 is 13.3. The standard InChI is InChI=1S/C22H22FN5O4/c1-13-7-16(3-5-17(13)22(30)31)11-27-32-28-20-9-19(25-12-26-20)21(29)24-10-15-4-6-18(23)14(2)8-15/h3-9,12,27H,10-11H2,1-2H3,(H,24,29)(H,30,31)(H,25,26,28). The highest BCUT2D eigenvalue weighted by Gasteiger charge is 2.10. The summed E-state index contributed by atoms with van der Waals surface area (Å²) in [5.41, 5.74) is 8.36. The number of anilines is 1. The van der Waals surface area contributed by atoms with Crippen molar-refractivity contribution >= 4 is 17.7 Å². The van der Waals surface area contributed by atoms with Crippen LogP contribution in [0.4, 0.5) is 10.2 Å². The van der Waals surface area contributed by atoms with Gasteiger partial charge in [0.1, 0.15) is 17.8 Å². The van der Waals surface area contributed by atoms with Crippen molar-refractivity contribution in [3.63, 3.8) is 0 Å². The number of carbonyl (C=O) groups is 2. The van der Waals surface area contributed by atoms with E-state index in [2.05, 4.69) is 26.2 Å². The maximum Gasteiger partial charge on any atom is 0.335 e. The molecule has 1 amide bonds. The highest BCUT2D eigenvalue weighted by molar-refractivity contribution is 5.92. The number of carboxylic acids is 1. The minimum Gasteiger partial charge on any atom is -0.478 e. The molecule has 1 aromatic heterocycles. The molecule has 0 atom stereocenters. The predicted molar refractivity (Wildman–Crippen MR) is 114 cm³/mol. The molecule has 3 aromatic rings. The third-order valence-corrected chi connectivity index (χ3v) is 4.60. The zero-order chi connectivity index (χ0) is 23.1. The summed E-state index contributed by atoms with van der Waals surface area (Å²) in [4.78, 5) is 36.5. The average Bonchev–Trinajstić information content (AvgIpc) is 2.77. The zero-order valence-corrected chi connectivity index (χ0v) is 17.5. The van der Waals surface area contributed by atoms with Crippen LogP contribution in [-0.4, -0.2) is 27.0 Å². The van der Waals surface area contributed by atoms with Crippen LogP contribution in [0.3, 0.4) is 0 Å². The van der Waals surface area contributed by atoms with Crippen LogP contribution in [0.25, 0.3) is 0 Å². The number of aryl methyl sites for hydroxylation is 2. The Labute approximate surface area is 183 Å². The summed E-state index contributed by atoms with van der Waals surface area (Å²) >= 11 is 0. The average molecular weight is 439 g/mol. The molecule has 10 heteroatoms. The van der Waals surface area contributed by atoms with Crippen LogP contribution in [-0.2, 0) is 18.0 Å². The number of nitrogens with zero attached hydrogens (tertiary/aromatic N) is 2. The number of carbonyl (C=O) groups excluding carboxylic acids is 1. The molecule has 0 aliphatic rings. The fraction of sp³-hybridized carbons (Fsp3) is 0.182. The van der Waals surface area contributed by atoms with E-state index < -0.39 is 11.9 Å². The van der Waals surface area contributed by atoms with Gasteiger partial charge < -0.3 is 10.4 Å². The van der Waals surface area contributed by atoms with Crippen molar-refractivity contribution in [2.45, 2.75) is 26.9 Å². The predicted octanol–water partition coefficient (Wildman–Crippen LogP) is 2.91. The summed E-state index contributed by atoms with van der Waals surface area (Å²) in [5, 5.41) is 11.8. The van der Waals surface area contributed by atoms with Gasteiger partial charge in [0.25, 0.3) is 5.91 Å². The van der Waals surface area contributed by atoms with Gasteiger partial charge >= 0.3 is 5.97 Å². The quantitative estimate of drug-likeness (QED) is 0.296. The molecule has 0 radical (unpaired) electrons. The van der Waals surface area contributed by atoms with Gasteiger partial charge in [-0.05, 0) is 48.2 Å². The molecule has 3 rings (SSSR count). The maximum absolute atomic E-state index is 13.3. The third kappa shape index (κ3) is 6.06. The van der Waals surface area contributed by atoms with E-state index in [9.17, 15) is 14.0 Å². The molecule has 9 nitrogen and oxygen atoms in total. The molecule has 1 heterocycles. The van der Waals surface area contributed by atoms with Gasteiger partial charge in [-0.3, -0.25) is 4.79 Å². The fourth-order valence-corrected chi connectivity index (χ4v) is 2.91. The number of rotatable bonds is 9. The number of aromatic nitrogens is 2. The van der Waals surface area contributed by atoms with Crippen LogP contribution in [0.5, 0.6) is 0 Å². The van der Waals surface area contributed by atoms with Gasteiger partial charge in [-0.15, -0.1) is 0 Å². The van der Waals surface area contributed by atoms with Crippen molar-refractivity contribution in [3.8, 4) is 0 Å². The summed E-state index contributed by atoms with van der Waals surface area (Å²) in [7, 11) is 0. The molecule has 0 aliphatic heterocycles. The smallest absolute Gasteiger partial charge is 0.335 e. The molecule has 0 saturated carbocycles. The van der Waals surface area contributed by atoms with Crippen molar-refractivity contribution in [1.82, 2.24) is 20.8 Å². The van der Waals surface area contributed by atoms with Crippen molar-refractivity contribution in [2.24, 2.45) is 0 Å². The Morgan fingerprint density at radius 3 is 2.44 bits per heavy atom. The molecule has 32 heavy (non-hydrogen) atoms. The lowest BCUT2D eigenvalue weighted by Crippen LogP contribution is -2.24. The third-order valence-electron chi connectivity index (χ3n) is 4.60. The van der Waals surface area contributed by atoms with Crippen molar-refractivity contribution in [3.05, 3.63) is 88.1 Å². The van der Waals surface area contributed by atoms with Gasteiger partial charge in [-0.1, -0.05) is 24.3 Å². The van der Waals surface area contributed by atoms with Gasteiger partial charge in [-0.2, -0.15) is 10.4 Å². The van der Waals surface area contributed by atoms with Crippen LogP contribution < -0.4 is 16.3 Å². The Morgan fingerprint density at radius 2 is 1.72 bits per heavy atom. The number of hydrogen-bond donors (Lipinski definition) is 4. The van der Waals surface area contributed by atoms with Gasteiger partial charge in [0.05, 0.1) is 5.56 Å². The minimum absolute atomic E-state index is 0.129. The SMILES string of the molecule is Cc1cc(CNC(=O)c2cc(NONCc3ccc(C(=O)O)c(C)c3)ncn2)ccc1F. The molecule has 2 aromatic carbocycles. The van der Waals surface area contributed by atoms with E-state index >= 15 is 0 Å². The maximum atomic E-state index is 13.3. The summed E-state index contributed by atoms with van der Waals surface area (Å²) in [6, 6.07) is 11.0. The first-order valence-corrected chi connectivity index (χ1v) is 9.66. The number of halogens is 1. The summed E-state index contributed by atoms with van der Waals surface area (Å²) in [5.74, 6) is -1.43. The van der Waals surface area contributed by atoms with Crippen LogP contribution in [0.1, 0.15) is 43.1 Å². The molecule has 0 saturated heterocycles. The molecule has 0 spiro atoms. The van der Waals surface area contributed by atoms with Gasteiger partial charge in [-0.25, -0.2) is 24.6 Å². The van der Waals surface area contributed by atoms with Crippen molar-refractivity contribution < 1.29 is 24.0 Å². The lowest BCUT2D eigenvalue weighted by atomic mass is 10.1. The van der Waals surface area contributed by atoms with E-state index in [1.54, 1.807) is 38.1 Å². The second kappa shape index (κ2) is 10.4. The van der Waals surface area contributed by atoms with E-state index in [0.717, 1.165) is 11.1 Å². The summed E-state index contributed by atoms with van der Waals surface area (Å²) in [6.07, 6.45) is 1.22. The Bertz CT molecular complexity index is 1140. The largest absolute Gasteiger partial charge is 0.478 e. The Morgan fingerprint density at radius 1 is 1.00 bits per heavy atom. The zero-order valence-electron chi connectivity index (χ0n) is 17.5. The Kier molecular flexibility index (Phi) is 7.42. The molecule has 166 valence electrons. The first kappa shape index (κ1) is 22.8. The normalized spacial score (nSPS) is 10.6.